The van der Waals surface area contributed by atoms with Gasteiger partial charge >= 0.3 is 0 Å². The van der Waals surface area contributed by atoms with Gasteiger partial charge in [-0.25, -0.2) is 0 Å². The van der Waals surface area contributed by atoms with E-state index in [2.05, 4.69) is 6.07 Å². The zero-order chi connectivity index (χ0) is 15.5. The molecular weight excluding hydrogens is 331 g/mol. The maximum atomic E-state index is 12.4. The number of fused-ring (bicyclic) bond motifs is 1. The molecule has 0 saturated heterocycles. The molecule has 2 aromatic rings. The van der Waals surface area contributed by atoms with Crippen molar-refractivity contribution < 1.29 is 4.79 Å². The van der Waals surface area contributed by atoms with Crippen molar-refractivity contribution in [3.63, 3.8) is 0 Å². The summed E-state index contributed by atoms with van der Waals surface area (Å²) in [4.78, 5) is 14.3. The van der Waals surface area contributed by atoms with Crippen molar-refractivity contribution in [2.75, 3.05) is 12.3 Å². The van der Waals surface area contributed by atoms with Gasteiger partial charge in [0, 0.05) is 30.2 Å². The van der Waals surface area contributed by atoms with Crippen LogP contribution in [-0.2, 0) is 24.2 Å². The van der Waals surface area contributed by atoms with Crippen molar-refractivity contribution in [1.82, 2.24) is 4.90 Å². The molecule has 5 heteroatoms. The molecule has 3 nitrogen and oxygen atoms in total. The summed E-state index contributed by atoms with van der Waals surface area (Å²) in [5, 5.41) is 0.807. The summed E-state index contributed by atoms with van der Waals surface area (Å²) in [6, 6.07) is 13.6. The van der Waals surface area contributed by atoms with Gasteiger partial charge in [0.05, 0.1) is 0 Å². The van der Waals surface area contributed by atoms with E-state index in [0.29, 0.717) is 19.4 Å². The number of carbonyl (C=O) groups excluding carboxylic acids is 1. The molecule has 1 aliphatic rings. The largest absolute Gasteiger partial charge is 0.399 e. The molecule has 3 rings (SSSR count). The molecule has 23 heavy (non-hydrogen) atoms. The average Bonchev–Trinajstić information content (AvgIpc) is 2.54. The number of benzene rings is 2. The summed E-state index contributed by atoms with van der Waals surface area (Å²) in [6.45, 7) is 1.39. The van der Waals surface area contributed by atoms with Gasteiger partial charge in [-0.15, -0.1) is 12.4 Å². The van der Waals surface area contributed by atoms with Gasteiger partial charge in [-0.1, -0.05) is 41.9 Å². The summed E-state index contributed by atoms with van der Waals surface area (Å²) in [5.41, 5.74) is 10.1. The van der Waals surface area contributed by atoms with Crippen LogP contribution in [0.5, 0.6) is 0 Å². The van der Waals surface area contributed by atoms with Crippen LogP contribution >= 0.6 is 24.0 Å². The fraction of sp³-hybridized carbons (Fsp3) is 0.278. The molecular formula is C18H20Cl2N2O. The Morgan fingerprint density at radius 1 is 1.17 bits per heavy atom. The number of aryl methyl sites for hydroxylation is 1. The molecule has 0 bridgehead atoms. The number of anilines is 1. The first-order chi connectivity index (χ1) is 10.6. The lowest BCUT2D eigenvalue weighted by atomic mass is 9.99. The molecule has 0 atom stereocenters. The van der Waals surface area contributed by atoms with Crippen molar-refractivity contribution in [1.29, 1.82) is 0 Å². The van der Waals surface area contributed by atoms with Gasteiger partial charge < -0.3 is 10.6 Å². The Morgan fingerprint density at radius 2 is 1.96 bits per heavy atom. The highest BCUT2D eigenvalue weighted by atomic mass is 35.5. The third kappa shape index (κ3) is 3.98. The molecule has 0 radical (unpaired) electrons. The predicted octanol–water partition coefficient (Wildman–Crippen LogP) is 3.86. The second-order valence-electron chi connectivity index (χ2n) is 5.64. The number of nitrogen functional groups attached to an aromatic ring is 1. The standard InChI is InChI=1S/C18H19ClN2O.ClH/c19-16-6-3-5-14-12-21(11-10-15(14)16)18(22)9-8-13-4-1-2-7-17(13)20;/h1-7H,8-12,20H2;1H. The van der Waals surface area contributed by atoms with Gasteiger partial charge in [-0.05, 0) is 41.7 Å². The summed E-state index contributed by atoms with van der Waals surface area (Å²) in [7, 11) is 0. The van der Waals surface area contributed by atoms with Crippen LogP contribution in [-0.4, -0.2) is 17.4 Å². The number of nitrogens with two attached hydrogens (primary N) is 1. The number of nitrogens with zero attached hydrogens (tertiary/aromatic N) is 1. The zero-order valence-electron chi connectivity index (χ0n) is 12.8. The van der Waals surface area contributed by atoms with E-state index in [1.807, 2.05) is 41.3 Å². The molecule has 1 amide bonds. The van der Waals surface area contributed by atoms with Gasteiger partial charge in [0.2, 0.25) is 5.91 Å². The van der Waals surface area contributed by atoms with Crippen LogP contribution < -0.4 is 5.73 Å². The first kappa shape index (κ1) is 17.6. The van der Waals surface area contributed by atoms with Crippen LogP contribution in [0.3, 0.4) is 0 Å². The number of rotatable bonds is 3. The number of halogens is 2. The highest BCUT2D eigenvalue weighted by Gasteiger charge is 2.21. The Kier molecular flexibility index (Phi) is 5.91. The molecule has 0 spiro atoms. The quantitative estimate of drug-likeness (QED) is 0.854. The average molecular weight is 351 g/mol. The second kappa shape index (κ2) is 7.71. The number of amides is 1. The fourth-order valence-corrected chi connectivity index (χ4v) is 3.23. The van der Waals surface area contributed by atoms with Crippen LogP contribution in [0.1, 0.15) is 23.1 Å². The van der Waals surface area contributed by atoms with E-state index < -0.39 is 0 Å². The third-order valence-electron chi connectivity index (χ3n) is 4.22. The molecule has 0 aliphatic carbocycles. The molecule has 1 heterocycles. The maximum Gasteiger partial charge on any atom is 0.223 e. The van der Waals surface area contributed by atoms with Gasteiger partial charge in [-0.2, -0.15) is 0 Å². The van der Waals surface area contributed by atoms with E-state index in [1.165, 1.54) is 5.56 Å². The molecule has 122 valence electrons. The first-order valence-electron chi connectivity index (χ1n) is 7.52. The molecule has 1 aliphatic heterocycles. The SMILES string of the molecule is Cl.Nc1ccccc1CCC(=O)N1CCc2c(Cl)cccc2C1. The van der Waals surface area contributed by atoms with Gasteiger partial charge in [0.1, 0.15) is 0 Å². The molecule has 2 aromatic carbocycles. The lowest BCUT2D eigenvalue weighted by molar-refractivity contribution is -0.132. The lowest BCUT2D eigenvalue weighted by Crippen LogP contribution is -2.36. The van der Waals surface area contributed by atoms with Crippen LogP contribution in [0.2, 0.25) is 5.02 Å². The number of hydrogen-bond acceptors (Lipinski definition) is 2. The van der Waals surface area contributed by atoms with Gasteiger partial charge in [0.25, 0.3) is 0 Å². The molecule has 0 aromatic heterocycles. The molecule has 0 saturated carbocycles. The summed E-state index contributed by atoms with van der Waals surface area (Å²) in [5.74, 6) is 0.175. The minimum atomic E-state index is 0. The van der Waals surface area contributed by atoms with Crippen LogP contribution in [0, 0.1) is 0 Å². The van der Waals surface area contributed by atoms with Crippen LogP contribution in [0.4, 0.5) is 5.69 Å². The van der Waals surface area contributed by atoms with E-state index >= 15 is 0 Å². The summed E-state index contributed by atoms with van der Waals surface area (Å²) >= 11 is 6.21. The van der Waals surface area contributed by atoms with Crippen molar-refractivity contribution in [3.05, 3.63) is 64.2 Å². The van der Waals surface area contributed by atoms with Gasteiger partial charge in [0.15, 0.2) is 0 Å². The van der Waals surface area contributed by atoms with E-state index in [9.17, 15) is 4.79 Å². The highest BCUT2D eigenvalue weighted by Crippen LogP contribution is 2.26. The lowest BCUT2D eigenvalue weighted by Gasteiger charge is -2.29. The van der Waals surface area contributed by atoms with E-state index in [-0.39, 0.29) is 18.3 Å². The Balaban J connectivity index is 0.00000192. The smallest absolute Gasteiger partial charge is 0.223 e. The van der Waals surface area contributed by atoms with Crippen molar-refractivity contribution >= 4 is 35.6 Å². The highest BCUT2D eigenvalue weighted by molar-refractivity contribution is 6.31. The van der Waals surface area contributed by atoms with Gasteiger partial charge in [-0.3, -0.25) is 4.79 Å². The van der Waals surface area contributed by atoms with Crippen LogP contribution in [0.15, 0.2) is 42.5 Å². The predicted molar refractivity (Wildman–Crippen MR) is 97.0 cm³/mol. The maximum absolute atomic E-state index is 12.4. The second-order valence-corrected chi connectivity index (χ2v) is 6.05. The molecule has 0 fully saturated rings. The Labute approximate surface area is 147 Å². The normalized spacial score (nSPS) is 13.2. The Morgan fingerprint density at radius 3 is 2.74 bits per heavy atom. The zero-order valence-corrected chi connectivity index (χ0v) is 14.4. The van der Waals surface area contributed by atoms with Crippen LogP contribution in [0.25, 0.3) is 0 Å². The van der Waals surface area contributed by atoms with E-state index in [4.69, 9.17) is 17.3 Å². The fourth-order valence-electron chi connectivity index (χ4n) is 2.94. The topological polar surface area (TPSA) is 46.3 Å². The Bertz CT molecular complexity index is 703. The minimum absolute atomic E-state index is 0. The Hall–Kier alpha value is -1.71. The summed E-state index contributed by atoms with van der Waals surface area (Å²) < 4.78 is 0. The van der Waals surface area contributed by atoms with Crippen molar-refractivity contribution in [3.8, 4) is 0 Å². The van der Waals surface area contributed by atoms with Crippen molar-refractivity contribution in [2.45, 2.75) is 25.8 Å². The molecule has 2 N–H and O–H groups in total. The first-order valence-corrected chi connectivity index (χ1v) is 7.90. The van der Waals surface area contributed by atoms with E-state index in [0.717, 1.165) is 34.8 Å². The van der Waals surface area contributed by atoms with Crippen molar-refractivity contribution in [2.24, 2.45) is 0 Å². The van der Waals surface area contributed by atoms with E-state index in [1.54, 1.807) is 0 Å². The number of para-hydroxylation sites is 1. The third-order valence-corrected chi connectivity index (χ3v) is 4.58. The number of carbonyl (C=O) groups is 1. The monoisotopic (exact) mass is 350 g/mol. The summed E-state index contributed by atoms with van der Waals surface area (Å²) in [6.07, 6.45) is 2.00. The molecule has 0 unspecified atom stereocenters. The minimum Gasteiger partial charge on any atom is -0.399 e. The number of hydrogen-bond donors (Lipinski definition) is 1.